The molecule has 1 aliphatic rings. The van der Waals surface area contributed by atoms with Crippen molar-refractivity contribution in [1.82, 2.24) is 10.2 Å². The summed E-state index contributed by atoms with van der Waals surface area (Å²) >= 11 is 0. The normalized spacial score (nSPS) is 15.1. The molecule has 3 aromatic carbocycles. The fourth-order valence-electron chi connectivity index (χ4n) is 5.49. The molecule has 7 nitrogen and oxygen atoms in total. The smallest absolute Gasteiger partial charge is 0.244 e. The van der Waals surface area contributed by atoms with Gasteiger partial charge in [-0.3, -0.25) is 13.9 Å². The first-order valence-corrected chi connectivity index (χ1v) is 15.6. The third-order valence-corrected chi connectivity index (χ3v) is 8.61. The summed E-state index contributed by atoms with van der Waals surface area (Å²) in [7, 11) is -3.81. The van der Waals surface area contributed by atoms with Crippen molar-refractivity contribution in [2.75, 3.05) is 17.1 Å². The van der Waals surface area contributed by atoms with E-state index in [9.17, 15) is 18.0 Å². The summed E-state index contributed by atoms with van der Waals surface area (Å²) in [4.78, 5) is 29.1. The zero-order chi connectivity index (χ0) is 28.0. The van der Waals surface area contributed by atoms with Crippen molar-refractivity contribution in [2.45, 2.75) is 71.0 Å². The molecule has 2 amide bonds. The summed E-state index contributed by atoms with van der Waals surface area (Å²) in [5.74, 6) is -0.595. The molecule has 0 spiro atoms. The maximum absolute atomic E-state index is 14.0. The van der Waals surface area contributed by atoms with Crippen LogP contribution >= 0.6 is 0 Å². The summed E-state index contributed by atoms with van der Waals surface area (Å²) in [6.07, 6.45) is 6.76. The Hall–Kier alpha value is -3.39. The standard InChI is InChI=1S/C31H39N3O4S/c1-4-28(31(36)32-26-16-6-5-7-17-26)33(21-24-13-10-12-23(2)20-24)30(35)22-34(39(3,37)38)29-19-11-15-25-14-8-9-18-27(25)29/h8-15,18-20,26,28H,4-7,16-17,21-22H2,1-3H3,(H,32,36). The van der Waals surface area contributed by atoms with E-state index in [2.05, 4.69) is 5.32 Å². The van der Waals surface area contributed by atoms with Crippen molar-refractivity contribution in [3.05, 3.63) is 77.9 Å². The van der Waals surface area contributed by atoms with Crippen LogP contribution in [0.1, 0.15) is 56.6 Å². The number of fused-ring (bicyclic) bond motifs is 1. The third-order valence-electron chi connectivity index (χ3n) is 7.49. The van der Waals surface area contributed by atoms with Crippen LogP contribution in [0.25, 0.3) is 10.8 Å². The molecule has 0 bridgehead atoms. The quantitative estimate of drug-likeness (QED) is 0.378. The van der Waals surface area contributed by atoms with Crippen molar-refractivity contribution in [2.24, 2.45) is 0 Å². The minimum Gasteiger partial charge on any atom is -0.352 e. The Morgan fingerprint density at radius 3 is 2.36 bits per heavy atom. The molecule has 208 valence electrons. The second kappa shape index (κ2) is 12.6. The van der Waals surface area contributed by atoms with Gasteiger partial charge in [-0.2, -0.15) is 0 Å². The minimum absolute atomic E-state index is 0.111. The van der Waals surface area contributed by atoms with Crippen LogP contribution in [0.5, 0.6) is 0 Å². The van der Waals surface area contributed by atoms with Gasteiger partial charge in [-0.05, 0) is 43.2 Å². The SMILES string of the molecule is CCC(C(=O)NC1CCCCC1)N(Cc1cccc(C)c1)C(=O)CN(c1cccc2ccccc12)S(C)(=O)=O. The number of nitrogens with zero attached hydrogens (tertiary/aromatic N) is 2. The van der Waals surface area contributed by atoms with Crippen molar-refractivity contribution < 1.29 is 18.0 Å². The van der Waals surface area contributed by atoms with E-state index in [-0.39, 0.29) is 18.5 Å². The van der Waals surface area contributed by atoms with E-state index in [4.69, 9.17) is 0 Å². The van der Waals surface area contributed by atoms with Gasteiger partial charge >= 0.3 is 0 Å². The molecule has 1 unspecified atom stereocenters. The molecule has 1 saturated carbocycles. The maximum atomic E-state index is 14.0. The molecule has 39 heavy (non-hydrogen) atoms. The zero-order valence-electron chi connectivity index (χ0n) is 23.1. The van der Waals surface area contributed by atoms with E-state index in [0.29, 0.717) is 12.1 Å². The third kappa shape index (κ3) is 7.18. The van der Waals surface area contributed by atoms with Crippen LogP contribution in [0.2, 0.25) is 0 Å². The number of amides is 2. The lowest BCUT2D eigenvalue weighted by atomic mass is 9.95. The van der Waals surface area contributed by atoms with Gasteiger partial charge in [0.15, 0.2) is 0 Å². The van der Waals surface area contributed by atoms with Crippen LogP contribution in [0.4, 0.5) is 5.69 Å². The lowest BCUT2D eigenvalue weighted by molar-refractivity contribution is -0.140. The molecule has 0 heterocycles. The molecular formula is C31H39N3O4S. The fraction of sp³-hybridized carbons (Fsp3) is 0.419. The number of nitrogens with one attached hydrogen (secondary N) is 1. The second-order valence-corrected chi connectivity index (χ2v) is 12.5. The molecule has 1 N–H and O–H groups in total. The minimum atomic E-state index is -3.81. The van der Waals surface area contributed by atoms with Crippen LogP contribution in [-0.4, -0.2) is 50.0 Å². The number of sulfonamides is 1. The predicted octanol–water partition coefficient (Wildman–Crippen LogP) is 5.17. The first-order valence-electron chi connectivity index (χ1n) is 13.8. The Bertz CT molecular complexity index is 1410. The largest absolute Gasteiger partial charge is 0.352 e. The van der Waals surface area contributed by atoms with Gasteiger partial charge in [-0.25, -0.2) is 8.42 Å². The number of hydrogen-bond donors (Lipinski definition) is 1. The lowest BCUT2D eigenvalue weighted by Gasteiger charge is -2.34. The monoisotopic (exact) mass is 549 g/mol. The molecule has 1 fully saturated rings. The van der Waals surface area contributed by atoms with E-state index in [1.54, 1.807) is 17.0 Å². The van der Waals surface area contributed by atoms with E-state index in [1.807, 2.05) is 68.4 Å². The van der Waals surface area contributed by atoms with Crippen molar-refractivity contribution in [1.29, 1.82) is 0 Å². The van der Waals surface area contributed by atoms with Gasteiger partial charge in [0.05, 0.1) is 11.9 Å². The molecule has 4 rings (SSSR count). The van der Waals surface area contributed by atoms with Crippen LogP contribution in [0.3, 0.4) is 0 Å². The molecule has 0 radical (unpaired) electrons. The average Bonchev–Trinajstić information content (AvgIpc) is 2.91. The molecule has 0 saturated heterocycles. The number of carbonyl (C=O) groups is 2. The average molecular weight is 550 g/mol. The summed E-state index contributed by atoms with van der Waals surface area (Å²) < 4.78 is 27.3. The topological polar surface area (TPSA) is 86.8 Å². The first-order chi connectivity index (χ1) is 18.7. The lowest BCUT2D eigenvalue weighted by Crippen LogP contribution is -2.54. The first kappa shape index (κ1) is 28.6. The van der Waals surface area contributed by atoms with Gasteiger partial charge in [-0.1, -0.05) is 92.4 Å². The number of anilines is 1. The van der Waals surface area contributed by atoms with Crippen molar-refractivity contribution >= 4 is 38.3 Å². The highest BCUT2D eigenvalue weighted by molar-refractivity contribution is 7.92. The summed E-state index contributed by atoms with van der Waals surface area (Å²) in [6.45, 7) is 3.69. The summed E-state index contributed by atoms with van der Waals surface area (Å²) in [5.41, 5.74) is 2.38. The Morgan fingerprint density at radius 1 is 0.974 bits per heavy atom. The number of benzene rings is 3. The van der Waals surface area contributed by atoms with E-state index < -0.39 is 28.5 Å². The highest BCUT2D eigenvalue weighted by Gasteiger charge is 2.33. The van der Waals surface area contributed by atoms with Crippen LogP contribution in [0.15, 0.2) is 66.7 Å². The molecule has 1 aliphatic carbocycles. The van der Waals surface area contributed by atoms with Crippen molar-refractivity contribution in [3.63, 3.8) is 0 Å². The van der Waals surface area contributed by atoms with E-state index >= 15 is 0 Å². The number of carbonyl (C=O) groups excluding carboxylic acids is 2. The molecule has 3 aromatic rings. The van der Waals surface area contributed by atoms with Gasteiger partial charge in [0.2, 0.25) is 21.8 Å². The van der Waals surface area contributed by atoms with Gasteiger partial charge < -0.3 is 10.2 Å². The van der Waals surface area contributed by atoms with E-state index in [1.165, 1.54) is 6.42 Å². The Kier molecular flexibility index (Phi) is 9.28. The molecule has 8 heteroatoms. The van der Waals surface area contributed by atoms with Gasteiger partial charge in [-0.15, -0.1) is 0 Å². The Balaban J connectivity index is 1.68. The fourth-order valence-corrected chi connectivity index (χ4v) is 6.35. The molecule has 0 aromatic heterocycles. The van der Waals surface area contributed by atoms with Crippen molar-refractivity contribution in [3.8, 4) is 0 Å². The number of aryl methyl sites for hydroxylation is 1. The number of hydrogen-bond acceptors (Lipinski definition) is 4. The highest BCUT2D eigenvalue weighted by atomic mass is 32.2. The molecular weight excluding hydrogens is 510 g/mol. The van der Waals surface area contributed by atoms with Gasteiger partial charge in [0.25, 0.3) is 0 Å². The maximum Gasteiger partial charge on any atom is 0.244 e. The van der Waals surface area contributed by atoms with Gasteiger partial charge in [0.1, 0.15) is 12.6 Å². The molecule has 1 atom stereocenters. The number of rotatable bonds is 10. The highest BCUT2D eigenvalue weighted by Crippen LogP contribution is 2.29. The van der Waals surface area contributed by atoms with Crippen LogP contribution in [-0.2, 0) is 26.2 Å². The zero-order valence-corrected chi connectivity index (χ0v) is 23.9. The summed E-state index contributed by atoms with van der Waals surface area (Å²) in [6, 6.07) is 20.1. The Morgan fingerprint density at radius 2 is 1.67 bits per heavy atom. The van der Waals surface area contributed by atoms with Gasteiger partial charge in [0, 0.05) is 18.0 Å². The summed E-state index contributed by atoms with van der Waals surface area (Å²) in [5, 5.41) is 4.80. The van der Waals surface area contributed by atoms with Crippen LogP contribution in [0, 0.1) is 6.92 Å². The van der Waals surface area contributed by atoms with E-state index in [0.717, 1.165) is 58.1 Å². The Labute approximate surface area is 232 Å². The van der Waals surface area contributed by atoms with Crippen LogP contribution < -0.4 is 9.62 Å². The molecule has 0 aliphatic heterocycles. The predicted molar refractivity (Wildman–Crippen MR) is 157 cm³/mol. The second-order valence-electron chi connectivity index (χ2n) is 10.5.